The van der Waals surface area contributed by atoms with Crippen LogP contribution >= 0.6 is 0 Å². The molecule has 4 N–H and O–H groups in total. The van der Waals surface area contributed by atoms with Crippen LogP contribution in [0.2, 0.25) is 0 Å². The van der Waals surface area contributed by atoms with Gasteiger partial charge in [-0.1, -0.05) is 12.1 Å². The molecule has 47 heavy (non-hydrogen) atoms. The highest BCUT2D eigenvalue weighted by Crippen LogP contribution is 2.33. The zero-order valence-electron chi connectivity index (χ0n) is 26.9. The van der Waals surface area contributed by atoms with E-state index in [9.17, 15) is 22.8 Å². The molecule has 0 spiro atoms. The number of pyridine rings is 2. The molecule has 1 unspecified atom stereocenters. The number of likely N-dealkylation sites (tertiary alicyclic amines) is 1. The van der Waals surface area contributed by atoms with Crippen molar-refractivity contribution in [3.63, 3.8) is 0 Å². The van der Waals surface area contributed by atoms with Gasteiger partial charge in [-0.25, -0.2) is 9.97 Å². The quantitative estimate of drug-likeness (QED) is 0.246. The van der Waals surface area contributed by atoms with Crippen LogP contribution in [-0.2, 0) is 0 Å². The molecule has 13 heteroatoms. The van der Waals surface area contributed by atoms with Gasteiger partial charge in [0.05, 0.1) is 23.9 Å². The Balaban J connectivity index is 1.36. The van der Waals surface area contributed by atoms with Crippen molar-refractivity contribution in [2.75, 3.05) is 55.8 Å². The number of ketones is 1. The van der Waals surface area contributed by atoms with E-state index < -0.39 is 23.3 Å². The minimum absolute atomic E-state index is 0.182. The minimum atomic E-state index is -5.05. The summed E-state index contributed by atoms with van der Waals surface area (Å²) in [6.45, 7) is 8.11. The number of hydrogen-bond donors (Lipinski definition) is 3. The summed E-state index contributed by atoms with van der Waals surface area (Å²) in [5.41, 5.74) is 6.96. The molecule has 0 radical (unpaired) electrons. The van der Waals surface area contributed by atoms with Gasteiger partial charge in [0, 0.05) is 37.3 Å². The fraction of sp³-hybridized carbons (Fsp3) is 0.471. The highest BCUT2D eigenvalue weighted by atomic mass is 19.4. The summed E-state index contributed by atoms with van der Waals surface area (Å²) in [5.74, 6) is -0.879. The number of nitrogens with zero attached hydrogens (tertiary/aromatic N) is 4. The van der Waals surface area contributed by atoms with Crippen LogP contribution in [0.3, 0.4) is 0 Å². The second-order valence-corrected chi connectivity index (χ2v) is 12.4. The number of halogens is 3. The van der Waals surface area contributed by atoms with Crippen molar-refractivity contribution < 1.29 is 27.5 Å². The molecule has 4 heterocycles. The van der Waals surface area contributed by atoms with Crippen molar-refractivity contribution in [2.45, 2.75) is 57.8 Å². The first-order valence-electron chi connectivity index (χ1n) is 16.0. The zero-order chi connectivity index (χ0) is 33.7. The molecule has 1 atom stereocenters. The van der Waals surface area contributed by atoms with Crippen molar-refractivity contribution in [2.24, 2.45) is 5.92 Å². The third kappa shape index (κ3) is 8.13. The Bertz CT molecular complexity index is 1570. The van der Waals surface area contributed by atoms with E-state index >= 15 is 0 Å². The van der Waals surface area contributed by atoms with Crippen LogP contribution in [0.1, 0.15) is 60.2 Å². The Morgan fingerprint density at radius 3 is 2.40 bits per heavy atom. The molecule has 1 aromatic carbocycles. The molecule has 5 rings (SSSR count). The van der Waals surface area contributed by atoms with E-state index in [1.165, 1.54) is 6.07 Å². The van der Waals surface area contributed by atoms with Gasteiger partial charge in [-0.15, -0.1) is 0 Å². The fourth-order valence-corrected chi connectivity index (χ4v) is 6.28. The van der Waals surface area contributed by atoms with Crippen molar-refractivity contribution >= 4 is 29.1 Å². The van der Waals surface area contributed by atoms with E-state index in [-0.39, 0.29) is 17.8 Å². The minimum Gasteiger partial charge on any atom is -0.496 e. The van der Waals surface area contributed by atoms with E-state index in [0.29, 0.717) is 54.4 Å². The first-order valence-corrected chi connectivity index (χ1v) is 16.0. The number of nitrogen functional groups attached to an aromatic ring is 1. The van der Waals surface area contributed by atoms with Crippen LogP contribution < -0.4 is 26.0 Å². The average molecular weight is 654 g/mol. The smallest absolute Gasteiger partial charge is 0.455 e. The Morgan fingerprint density at radius 2 is 1.72 bits per heavy atom. The SMILES string of the molecule is COc1ccccc1-c1ccc(C(=O)NCC2CCN(C(C)C)CC2)c(N2CCCC(Nc3ccc(C(=O)C(F)(F)F)c(N)n3)C2)n1. The number of ether oxygens (including phenoxy) is 1. The van der Waals surface area contributed by atoms with Crippen molar-refractivity contribution in [1.82, 2.24) is 20.2 Å². The molecule has 2 aromatic heterocycles. The molecule has 252 valence electrons. The van der Waals surface area contributed by atoms with Crippen LogP contribution in [0.25, 0.3) is 11.3 Å². The molecular weight excluding hydrogens is 611 g/mol. The predicted octanol–water partition coefficient (Wildman–Crippen LogP) is 5.41. The highest BCUT2D eigenvalue weighted by Gasteiger charge is 2.40. The van der Waals surface area contributed by atoms with Gasteiger partial charge in [0.1, 0.15) is 23.2 Å². The summed E-state index contributed by atoms with van der Waals surface area (Å²) in [7, 11) is 1.60. The molecular formula is C34H42F3N7O3. The van der Waals surface area contributed by atoms with Crippen molar-refractivity contribution in [3.05, 3.63) is 59.7 Å². The number of anilines is 3. The largest absolute Gasteiger partial charge is 0.496 e. The van der Waals surface area contributed by atoms with Gasteiger partial charge in [0.25, 0.3) is 11.7 Å². The van der Waals surface area contributed by atoms with Crippen molar-refractivity contribution in [3.8, 4) is 17.0 Å². The lowest BCUT2D eigenvalue weighted by molar-refractivity contribution is -0.0884. The number of alkyl halides is 3. The summed E-state index contributed by atoms with van der Waals surface area (Å²) < 4.78 is 44.4. The maximum Gasteiger partial charge on any atom is 0.455 e. The lowest BCUT2D eigenvalue weighted by Gasteiger charge is -2.36. The van der Waals surface area contributed by atoms with Gasteiger partial charge in [0.2, 0.25) is 0 Å². The van der Waals surface area contributed by atoms with Crippen LogP contribution in [-0.4, -0.2) is 84.7 Å². The van der Waals surface area contributed by atoms with E-state index in [1.807, 2.05) is 35.2 Å². The molecule has 0 bridgehead atoms. The summed E-state index contributed by atoms with van der Waals surface area (Å²) in [5, 5.41) is 6.40. The summed E-state index contributed by atoms with van der Waals surface area (Å²) in [4.78, 5) is 38.9. The van der Waals surface area contributed by atoms with E-state index in [0.717, 1.165) is 50.4 Å². The van der Waals surface area contributed by atoms with Gasteiger partial charge in [0.15, 0.2) is 0 Å². The van der Waals surface area contributed by atoms with Gasteiger partial charge in [-0.3, -0.25) is 9.59 Å². The predicted molar refractivity (Wildman–Crippen MR) is 176 cm³/mol. The maximum absolute atomic E-state index is 13.7. The molecule has 3 aromatic rings. The van der Waals surface area contributed by atoms with Crippen LogP contribution in [0.15, 0.2) is 48.5 Å². The Labute approximate surface area is 272 Å². The summed E-state index contributed by atoms with van der Waals surface area (Å²) in [6.07, 6.45) is -1.49. The number of methoxy groups -OCH3 is 1. The third-order valence-electron chi connectivity index (χ3n) is 8.93. The number of Topliss-reactive ketones (excluding diaryl/α,β-unsaturated/α-hetero) is 1. The molecule has 0 aliphatic carbocycles. The standard InChI is InChI=1S/C34H42F3N7O3/c1-21(2)43-17-14-22(15-18-43)19-39-33(46)26-10-12-27(24-8-4-5-9-28(24)47-3)41-32(26)44-16-6-7-23(20-44)40-29-13-11-25(31(38)42-29)30(45)34(35,36)37/h4-5,8-13,21-23H,6-7,14-20H2,1-3H3,(H,39,46)(H3,38,40,42). The van der Waals surface area contributed by atoms with Crippen LogP contribution in [0.5, 0.6) is 5.75 Å². The number of benzene rings is 1. The summed E-state index contributed by atoms with van der Waals surface area (Å²) in [6, 6.07) is 13.9. The Hall–Kier alpha value is -4.39. The molecule has 2 aliphatic heterocycles. The molecule has 2 saturated heterocycles. The van der Waals surface area contributed by atoms with E-state index in [4.69, 9.17) is 15.5 Å². The number of carbonyl (C=O) groups excluding carboxylic acids is 2. The number of piperidine rings is 2. The summed E-state index contributed by atoms with van der Waals surface area (Å²) >= 11 is 0. The molecule has 0 saturated carbocycles. The lowest BCUT2D eigenvalue weighted by atomic mass is 9.96. The fourth-order valence-electron chi connectivity index (χ4n) is 6.28. The molecule has 2 fully saturated rings. The van der Waals surface area contributed by atoms with Crippen LogP contribution in [0.4, 0.5) is 30.6 Å². The third-order valence-corrected chi connectivity index (χ3v) is 8.93. The van der Waals surface area contributed by atoms with Gasteiger partial charge < -0.3 is 30.9 Å². The number of aromatic nitrogens is 2. The Kier molecular flexibility index (Phi) is 10.5. The zero-order valence-corrected chi connectivity index (χ0v) is 26.9. The van der Waals surface area contributed by atoms with E-state index in [2.05, 4.69) is 34.4 Å². The average Bonchev–Trinajstić information content (AvgIpc) is 3.06. The molecule has 1 amide bonds. The second kappa shape index (κ2) is 14.6. The molecule has 10 nitrogen and oxygen atoms in total. The van der Waals surface area contributed by atoms with Gasteiger partial charge >= 0.3 is 6.18 Å². The maximum atomic E-state index is 13.7. The monoisotopic (exact) mass is 653 g/mol. The lowest BCUT2D eigenvalue weighted by Crippen LogP contribution is -2.44. The topological polar surface area (TPSA) is 126 Å². The number of para-hydroxylation sites is 1. The highest BCUT2D eigenvalue weighted by molar-refractivity contribution is 6.04. The number of nitrogens with one attached hydrogen (secondary N) is 2. The number of hydrogen-bond acceptors (Lipinski definition) is 9. The van der Waals surface area contributed by atoms with Gasteiger partial charge in [-0.2, -0.15) is 13.2 Å². The normalized spacial score (nSPS) is 17.9. The van der Waals surface area contributed by atoms with E-state index in [1.54, 1.807) is 13.2 Å². The first kappa shape index (κ1) is 34.0. The Morgan fingerprint density at radius 1 is 1.00 bits per heavy atom. The van der Waals surface area contributed by atoms with Gasteiger partial charge in [-0.05, 0) is 94.9 Å². The second-order valence-electron chi connectivity index (χ2n) is 12.4. The first-order chi connectivity index (χ1) is 22.4. The number of carbonyl (C=O) groups is 2. The van der Waals surface area contributed by atoms with Crippen LogP contribution in [0, 0.1) is 5.92 Å². The van der Waals surface area contributed by atoms with Crippen molar-refractivity contribution in [1.29, 1.82) is 0 Å². The molecule has 2 aliphatic rings. The number of nitrogens with two attached hydrogens (primary N) is 1. The number of amides is 1. The number of rotatable bonds is 10.